The first-order valence-corrected chi connectivity index (χ1v) is 6.35. The lowest BCUT2D eigenvalue weighted by Gasteiger charge is -2.18. The van der Waals surface area contributed by atoms with Crippen LogP contribution in [0.25, 0.3) is 11.0 Å². The quantitative estimate of drug-likeness (QED) is 0.536. The Morgan fingerprint density at radius 2 is 1.94 bits per heavy atom. The minimum Gasteiger partial charge on any atom is -0.404 e. The molecule has 2 rings (SSSR count). The highest BCUT2D eigenvalue weighted by Gasteiger charge is 2.27. The first-order valence-electron chi connectivity index (χ1n) is 4.91. The van der Waals surface area contributed by atoms with Gasteiger partial charge in [-0.1, -0.05) is 24.3 Å². The monoisotopic (exact) mass is 252 g/mol. The molecular formula is C11H12N2O3S. The zero-order chi connectivity index (χ0) is 12.6. The molecule has 5 nitrogen and oxygen atoms in total. The SMILES string of the molecule is NC=C1C=c2ccccc2=C(S(=O)(=O)O)C1N. The third kappa shape index (κ3) is 1.97. The number of fused-ring (bicyclic) bond motifs is 1. The second kappa shape index (κ2) is 3.99. The predicted octanol–water partition coefficient (Wildman–Crippen LogP) is -1.35. The molecule has 0 saturated carbocycles. The van der Waals surface area contributed by atoms with Crippen LogP contribution in [0.1, 0.15) is 0 Å². The highest BCUT2D eigenvalue weighted by Crippen LogP contribution is 2.17. The first kappa shape index (κ1) is 11.8. The number of hydrogen-bond donors (Lipinski definition) is 3. The van der Waals surface area contributed by atoms with Crippen LogP contribution in [0.15, 0.2) is 36.0 Å². The van der Waals surface area contributed by atoms with Crippen molar-refractivity contribution in [2.24, 2.45) is 11.5 Å². The third-order valence-corrected chi connectivity index (χ3v) is 3.69. The van der Waals surface area contributed by atoms with E-state index >= 15 is 0 Å². The molecule has 0 heterocycles. The molecule has 90 valence electrons. The van der Waals surface area contributed by atoms with Gasteiger partial charge in [0.1, 0.15) is 4.91 Å². The fourth-order valence-corrected chi connectivity index (χ4v) is 2.81. The van der Waals surface area contributed by atoms with Gasteiger partial charge in [-0.25, -0.2) is 0 Å². The molecule has 0 amide bonds. The third-order valence-electron chi connectivity index (χ3n) is 2.66. The molecule has 1 aromatic rings. The highest BCUT2D eigenvalue weighted by molar-refractivity contribution is 7.95. The van der Waals surface area contributed by atoms with Gasteiger partial charge in [0.25, 0.3) is 10.1 Å². The van der Waals surface area contributed by atoms with Crippen LogP contribution in [0.5, 0.6) is 0 Å². The van der Waals surface area contributed by atoms with Crippen molar-refractivity contribution in [2.45, 2.75) is 6.04 Å². The van der Waals surface area contributed by atoms with Crippen molar-refractivity contribution in [3.05, 3.63) is 46.5 Å². The first-order chi connectivity index (χ1) is 7.95. The van der Waals surface area contributed by atoms with Crippen LogP contribution in [-0.2, 0) is 10.1 Å². The summed E-state index contributed by atoms with van der Waals surface area (Å²) in [6.07, 6.45) is 2.94. The van der Waals surface area contributed by atoms with E-state index in [1.807, 2.05) is 0 Å². The van der Waals surface area contributed by atoms with Crippen LogP contribution < -0.4 is 21.9 Å². The Bertz CT molecular complexity index is 704. The Morgan fingerprint density at radius 1 is 1.29 bits per heavy atom. The molecule has 0 radical (unpaired) electrons. The van der Waals surface area contributed by atoms with Gasteiger partial charge in [0.2, 0.25) is 0 Å². The van der Waals surface area contributed by atoms with Gasteiger partial charge in [0.15, 0.2) is 0 Å². The Kier molecular flexibility index (Phi) is 2.78. The van der Waals surface area contributed by atoms with Gasteiger partial charge in [-0.3, -0.25) is 4.55 Å². The minimum atomic E-state index is -4.36. The molecule has 0 aromatic heterocycles. The molecule has 0 spiro atoms. The summed E-state index contributed by atoms with van der Waals surface area (Å²) in [5, 5.41) is 1.08. The largest absolute Gasteiger partial charge is 0.404 e. The Balaban J connectivity index is 2.99. The summed E-state index contributed by atoms with van der Waals surface area (Å²) in [6.45, 7) is 0. The Hall–Kier alpha value is -1.63. The smallest absolute Gasteiger partial charge is 0.293 e. The standard InChI is InChI=1S/C11H12N2O3S/c12-6-8-5-7-3-1-2-4-9(7)11(10(8)13)17(14,15)16/h1-6,10H,12-13H2,(H,14,15,16). The number of rotatable bonds is 1. The molecule has 1 unspecified atom stereocenters. The second-order valence-corrected chi connectivity index (χ2v) is 5.11. The summed E-state index contributed by atoms with van der Waals surface area (Å²) >= 11 is 0. The normalized spacial score (nSPS) is 22.1. The average molecular weight is 252 g/mol. The van der Waals surface area contributed by atoms with Crippen molar-refractivity contribution in [1.29, 1.82) is 0 Å². The molecule has 0 fully saturated rings. The van der Waals surface area contributed by atoms with E-state index in [0.717, 1.165) is 0 Å². The molecular weight excluding hydrogens is 240 g/mol. The molecule has 5 N–H and O–H groups in total. The molecule has 0 bridgehead atoms. The van der Waals surface area contributed by atoms with Gasteiger partial charge < -0.3 is 11.5 Å². The molecule has 1 aliphatic carbocycles. The van der Waals surface area contributed by atoms with Gasteiger partial charge in [0.05, 0.1) is 6.04 Å². The van der Waals surface area contributed by atoms with Gasteiger partial charge in [-0.05, 0) is 23.1 Å². The number of nitrogens with two attached hydrogens (primary N) is 2. The van der Waals surface area contributed by atoms with Gasteiger partial charge in [0, 0.05) is 5.22 Å². The molecule has 1 atom stereocenters. The van der Waals surface area contributed by atoms with Crippen molar-refractivity contribution in [3.8, 4) is 0 Å². The lowest BCUT2D eigenvalue weighted by Crippen LogP contribution is -2.42. The number of hydrogen-bond acceptors (Lipinski definition) is 4. The van der Waals surface area contributed by atoms with Crippen LogP contribution in [0.3, 0.4) is 0 Å². The number of benzene rings is 1. The van der Waals surface area contributed by atoms with Crippen molar-refractivity contribution in [3.63, 3.8) is 0 Å². The van der Waals surface area contributed by atoms with E-state index < -0.39 is 16.2 Å². The second-order valence-electron chi connectivity index (χ2n) is 3.72. The summed E-state index contributed by atoms with van der Waals surface area (Å²) in [5.41, 5.74) is 11.6. The Morgan fingerprint density at radius 3 is 2.53 bits per heavy atom. The van der Waals surface area contributed by atoms with Crippen LogP contribution >= 0.6 is 0 Å². The molecule has 6 heteroatoms. The molecule has 17 heavy (non-hydrogen) atoms. The lowest BCUT2D eigenvalue weighted by atomic mass is 9.99. The predicted molar refractivity (Wildman–Crippen MR) is 65.4 cm³/mol. The van der Waals surface area contributed by atoms with E-state index in [-0.39, 0.29) is 4.91 Å². The van der Waals surface area contributed by atoms with Crippen LogP contribution in [0.2, 0.25) is 0 Å². The van der Waals surface area contributed by atoms with Crippen LogP contribution in [-0.4, -0.2) is 19.0 Å². The van der Waals surface area contributed by atoms with Crippen LogP contribution in [0, 0.1) is 0 Å². The molecule has 0 aliphatic heterocycles. The van der Waals surface area contributed by atoms with Crippen molar-refractivity contribution in [1.82, 2.24) is 0 Å². The van der Waals surface area contributed by atoms with Crippen molar-refractivity contribution < 1.29 is 13.0 Å². The summed E-state index contributed by atoms with van der Waals surface area (Å²) in [5.74, 6) is 0. The van der Waals surface area contributed by atoms with Crippen molar-refractivity contribution in [2.75, 3.05) is 0 Å². The highest BCUT2D eigenvalue weighted by atomic mass is 32.2. The molecule has 1 aliphatic rings. The summed E-state index contributed by atoms with van der Waals surface area (Å²) in [7, 11) is -4.36. The van der Waals surface area contributed by atoms with Crippen LogP contribution in [0.4, 0.5) is 0 Å². The van der Waals surface area contributed by atoms with E-state index in [0.29, 0.717) is 16.0 Å². The van der Waals surface area contributed by atoms with E-state index in [2.05, 4.69) is 0 Å². The van der Waals surface area contributed by atoms with Gasteiger partial charge in [-0.2, -0.15) is 8.42 Å². The molecule has 1 aromatic carbocycles. The van der Waals surface area contributed by atoms with E-state index in [1.54, 1.807) is 30.3 Å². The fraction of sp³-hybridized carbons (Fsp3) is 0.0909. The summed E-state index contributed by atoms with van der Waals surface area (Å²) in [6, 6.07) is 5.84. The van der Waals surface area contributed by atoms with Gasteiger partial charge >= 0.3 is 0 Å². The van der Waals surface area contributed by atoms with E-state index in [9.17, 15) is 13.0 Å². The van der Waals surface area contributed by atoms with Crippen molar-refractivity contribution >= 4 is 21.1 Å². The Labute approximate surface area is 98.5 Å². The maximum atomic E-state index is 11.4. The minimum absolute atomic E-state index is 0.215. The topological polar surface area (TPSA) is 106 Å². The van der Waals surface area contributed by atoms with Gasteiger partial charge in [-0.15, -0.1) is 0 Å². The maximum absolute atomic E-state index is 11.4. The fourth-order valence-electron chi connectivity index (χ4n) is 1.89. The lowest BCUT2D eigenvalue weighted by molar-refractivity contribution is 0.494. The zero-order valence-electron chi connectivity index (χ0n) is 8.87. The maximum Gasteiger partial charge on any atom is 0.293 e. The zero-order valence-corrected chi connectivity index (χ0v) is 9.68. The average Bonchev–Trinajstić information content (AvgIpc) is 2.26. The van der Waals surface area contributed by atoms with E-state index in [1.165, 1.54) is 6.20 Å². The summed E-state index contributed by atoms with van der Waals surface area (Å²) in [4.78, 5) is -0.215. The molecule has 0 saturated heterocycles. The summed E-state index contributed by atoms with van der Waals surface area (Å²) < 4.78 is 32.0. The van der Waals surface area contributed by atoms with E-state index in [4.69, 9.17) is 11.5 Å².